The molecule has 7 heteroatoms. The van der Waals surface area contributed by atoms with E-state index in [1.807, 2.05) is 0 Å². The summed E-state index contributed by atoms with van der Waals surface area (Å²) in [6.45, 7) is -0.126. The van der Waals surface area contributed by atoms with Crippen LogP contribution < -0.4 is 14.8 Å². The number of nitrogens with one attached hydrogen (secondary N) is 1. The Morgan fingerprint density at radius 2 is 1.85 bits per heavy atom. The second kappa shape index (κ2) is 7.34. The predicted octanol–water partition coefficient (Wildman–Crippen LogP) is 0.533. The molecule has 7 nitrogen and oxygen atoms in total. The van der Waals surface area contributed by atoms with Gasteiger partial charge in [-0.25, -0.2) is 4.79 Å². The minimum absolute atomic E-state index is 0.126. The van der Waals surface area contributed by atoms with E-state index in [0.29, 0.717) is 17.1 Å². The summed E-state index contributed by atoms with van der Waals surface area (Å²) in [7, 11) is 4.22. The van der Waals surface area contributed by atoms with E-state index in [0.717, 1.165) is 0 Å². The van der Waals surface area contributed by atoms with Gasteiger partial charge in [0.2, 0.25) is 0 Å². The number of carbonyl (C=O) groups is 2. The third kappa shape index (κ3) is 3.86. The molecule has 0 aliphatic heterocycles. The van der Waals surface area contributed by atoms with Crippen molar-refractivity contribution >= 4 is 11.9 Å². The van der Waals surface area contributed by atoms with Gasteiger partial charge in [-0.2, -0.15) is 0 Å². The first kappa shape index (κ1) is 15.8. The quantitative estimate of drug-likeness (QED) is 0.758. The van der Waals surface area contributed by atoms with Crippen LogP contribution in [0, 0.1) is 0 Å². The lowest BCUT2D eigenvalue weighted by Gasteiger charge is -2.12. The Kier molecular flexibility index (Phi) is 5.79. The molecule has 0 aliphatic carbocycles. The number of hydrogen-bond acceptors (Lipinski definition) is 5. The van der Waals surface area contributed by atoms with Gasteiger partial charge in [0, 0.05) is 12.7 Å². The fourth-order valence-corrected chi connectivity index (χ4v) is 1.54. The molecule has 0 bridgehead atoms. The van der Waals surface area contributed by atoms with Crippen LogP contribution in [0.15, 0.2) is 18.2 Å². The molecule has 1 atom stereocenters. The van der Waals surface area contributed by atoms with Crippen molar-refractivity contribution in [3.63, 3.8) is 0 Å². The van der Waals surface area contributed by atoms with E-state index in [-0.39, 0.29) is 6.54 Å². The normalized spacial score (nSPS) is 11.6. The van der Waals surface area contributed by atoms with Crippen LogP contribution in [0.4, 0.5) is 0 Å². The molecule has 2 N–H and O–H groups in total. The number of rotatable bonds is 7. The van der Waals surface area contributed by atoms with Gasteiger partial charge < -0.3 is 24.6 Å². The fourth-order valence-electron chi connectivity index (χ4n) is 1.54. The summed E-state index contributed by atoms with van der Waals surface area (Å²) in [6, 6.07) is 4.66. The van der Waals surface area contributed by atoms with E-state index >= 15 is 0 Å². The summed E-state index contributed by atoms with van der Waals surface area (Å²) in [5.41, 5.74) is 0.336. The van der Waals surface area contributed by atoms with Gasteiger partial charge in [0.1, 0.15) is 0 Å². The maximum absolute atomic E-state index is 11.9. The molecule has 0 spiro atoms. The Hall–Kier alpha value is -2.28. The van der Waals surface area contributed by atoms with Gasteiger partial charge in [0.05, 0.1) is 20.8 Å². The molecule has 0 fully saturated rings. The second-order valence-corrected chi connectivity index (χ2v) is 3.84. The van der Waals surface area contributed by atoms with Gasteiger partial charge in [0.25, 0.3) is 5.91 Å². The first-order valence-electron chi connectivity index (χ1n) is 5.79. The van der Waals surface area contributed by atoms with Gasteiger partial charge in [-0.05, 0) is 18.2 Å². The Morgan fingerprint density at radius 1 is 1.20 bits per heavy atom. The van der Waals surface area contributed by atoms with Crippen molar-refractivity contribution in [2.75, 3.05) is 27.9 Å². The highest BCUT2D eigenvalue weighted by atomic mass is 16.5. The van der Waals surface area contributed by atoms with Crippen LogP contribution in [0.5, 0.6) is 11.5 Å². The number of methoxy groups -OCH3 is 3. The number of carboxylic acid groups (broad SMARTS) is 1. The zero-order valence-electron chi connectivity index (χ0n) is 11.5. The summed E-state index contributed by atoms with van der Waals surface area (Å²) in [4.78, 5) is 22.7. The van der Waals surface area contributed by atoms with Crippen molar-refractivity contribution in [1.29, 1.82) is 0 Å². The molecule has 1 aromatic rings. The van der Waals surface area contributed by atoms with E-state index in [9.17, 15) is 9.59 Å². The van der Waals surface area contributed by atoms with Crippen LogP contribution in [0.25, 0.3) is 0 Å². The van der Waals surface area contributed by atoms with Gasteiger partial charge in [0.15, 0.2) is 17.6 Å². The van der Waals surface area contributed by atoms with Crippen molar-refractivity contribution in [1.82, 2.24) is 5.32 Å². The van der Waals surface area contributed by atoms with Crippen molar-refractivity contribution in [2.24, 2.45) is 0 Å². The number of hydrogen-bond donors (Lipinski definition) is 2. The van der Waals surface area contributed by atoms with Crippen LogP contribution in [0.2, 0.25) is 0 Å². The third-order valence-corrected chi connectivity index (χ3v) is 2.65. The minimum Gasteiger partial charge on any atom is -0.493 e. The van der Waals surface area contributed by atoms with Crippen molar-refractivity contribution in [3.05, 3.63) is 23.8 Å². The molecule has 0 aliphatic rings. The zero-order valence-corrected chi connectivity index (χ0v) is 11.5. The summed E-state index contributed by atoms with van der Waals surface area (Å²) >= 11 is 0. The largest absolute Gasteiger partial charge is 0.493 e. The third-order valence-electron chi connectivity index (χ3n) is 2.65. The smallest absolute Gasteiger partial charge is 0.334 e. The standard InChI is InChI=1S/C13H17NO6/c1-18-9-5-4-8(6-10(9)19-2)12(15)14-7-11(20-3)13(16)17/h4-6,11H,7H2,1-3H3,(H,14,15)(H,16,17). The second-order valence-electron chi connectivity index (χ2n) is 3.84. The highest BCUT2D eigenvalue weighted by molar-refractivity contribution is 5.95. The van der Waals surface area contributed by atoms with E-state index in [1.54, 1.807) is 12.1 Å². The highest BCUT2D eigenvalue weighted by Gasteiger charge is 2.18. The van der Waals surface area contributed by atoms with Crippen LogP contribution in [-0.2, 0) is 9.53 Å². The first-order valence-corrected chi connectivity index (χ1v) is 5.79. The van der Waals surface area contributed by atoms with E-state index < -0.39 is 18.0 Å². The molecular weight excluding hydrogens is 266 g/mol. The van der Waals surface area contributed by atoms with E-state index in [2.05, 4.69) is 5.32 Å². The summed E-state index contributed by atoms with van der Waals surface area (Å²) < 4.78 is 14.9. The monoisotopic (exact) mass is 283 g/mol. The molecule has 1 rings (SSSR count). The number of carbonyl (C=O) groups excluding carboxylic acids is 1. The number of benzene rings is 1. The van der Waals surface area contributed by atoms with Crippen LogP contribution in [0.1, 0.15) is 10.4 Å². The Labute approximate surface area is 116 Å². The molecule has 1 amide bonds. The van der Waals surface area contributed by atoms with Crippen molar-refractivity contribution in [2.45, 2.75) is 6.10 Å². The van der Waals surface area contributed by atoms with Crippen molar-refractivity contribution in [3.8, 4) is 11.5 Å². The minimum atomic E-state index is -1.14. The molecule has 0 saturated carbocycles. The van der Waals surface area contributed by atoms with Crippen LogP contribution >= 0.6 is 0 Å². The fraction of sp³-hybridized carbons (Fsp3) is 0.385. The Morgan fingerprint density at radius 3 is 2.35 bits per heavy atom. The van der Waals surface area contributed by atoms with Crippen LogP contribution in [-0.4, -0.2) is 51.0 Å². The number of aliphatic carboxylic acids is 1. The topological polar surface area (TPSA) is 94.1 Å². The van der Waals surface area contributed by atoms with Gasteiger partial charge in [-0.3, -0.25) is 4.79 Å². The first-order chi connectivity index (χ1) is 9.53. The average Bonchev–Trinajstić information content (AvgIpc) is 2.46. The lowest BCUT2D eigenvalue weighted by atomic mass is 10.2. The van der Waals surface area contributed by atoms with Gasteiger partial charge in [-0.1, -0.05) is 0 Å². The number of carboxylic acids is 1. The average molecular weight is 283 g/mol. The summed E-state index contributed by atoms with van der Waals surface area (Å²) in [5, 5.41) is 11.3. The lowest BCUT2D eigenvalue weighted by molar-refractivity contribution is -0.148. The number of amides is 1. The molecule has 1 aromatic carbocycles. The summed E-state index contributed by atoms with van der Waals surface area (Å²) in [5.74, 6) is -0.639. The highest BCUT2D eigenvalue weighted by Crippen LogP contribution is 2.27. The molecule has 110 valence electrons. The van der Waals surface area contributed by atoms with Gasteiger partial charge in [-0.15, -0.1) is 0 Å². The molecule has 0 heterocycles. The molecule has 0 saturated heterocycles. The molecule has 0 aromatic heterocycles. The molecule has 20 heavy (non-hydrogen) atoms. The molecule has 0 radical (unpaired) electrons. The maximum atomic E-state index is 11.9. The van der Waals surface area contributed by atoms with Crippen molar-refractivity contribution < 1.29 is 28.9 Å². The number of ether oxygens (including phenoxy) is 3. The Bertz CT molecular complexity index is 488. The Balaban J connectivity index is 2.75. The van der Waals surface area contributed by atoms with Crippen LogP contribution in [0.3, 0.4) is 0 Å². The van der Waals surface area contributed by atoms with Gasteiger partial charge >= 0.3 is 5.97 Å². The van der Waals surface area contributed by atoms with E-state index in [1.165, 1.54) is 27.4 Å². The molecular formula is C13H17NO6. The predicted molar refractivity (Wildman–Crippen MR) is 70.3 cm³/mol. The SMILES string of the molecule is COc1ccc(C(=O)NCC(OC)C(=O)O)cc1OC. The van der Waals surface area contributed by atoms with E-state index in [4.69, 9.17) is 19.3 Å². The zero-order chi connectivity index (χ0) is 15.1. The summed E-state index contributed by atoms with van der Waals surface area (Å²) in [6.07, 6.45) is -1.08. The maximum Gasteiger partial charge on any atom is 0.334 e. The molecule has 1 unspecified atom stereocenters. The lowest BCUT2D eigenvalue weighted by Crippen LogP contribution is -2.37.